The number of aliphatic hydroxyl groups is 1. The first-order valence-electron chi connectivity index (χ1n) is 5.16. The number of benzene rings is 1. The SMILES string of the molecule is OCC1(c2c[c]ccc2)CCNCC1. The van der Waals surface area contributed by atoms with Gasteiger partial charge in [-0.2, -0.15) is 0 Å². The van der Waals surface area contributed by atoms with Crippen LogP contribution in [0, 0.1) is 6.07 Å². The first-order valence-corrected chi connectivity index (χ1v) is 5.16. The number of aliphatic hydroxyl groups excluding tert-OH is 1. The molecule has 1 fully saturated rings. The number of piperidine rings is 1. The summed E-state index contributed by atoms with van der Waals surface area (Å²) in [6, 6.07) is 11.1. The highest BCUT2D eigenvalue weighted by atomic mass is 16.3. The van der Waals surface area contributed by atoms with E-state index in [1.807, 2.05) is 18.2 Å². The van der Waals surface area contributed by atoms with Gasteiger partial charge in [0.05, 0.1) is 6.61 Å². The van der Waals surface area contributed by atoms with Crippen molar-refractivity contribution in [3.8, 4) is 0 Å². The predicted octanol–water partition coefficient (Wildman–Crippen LogP) is 1.10. The van der Waals surface area contributed by atoms with E-state index in [9.17, 15) is 5.11 Å². The first kappa shape index (κ1) is 9.69. The van der Waals surface area contributed by atoms with Crippen LogP contribution in [0.3, 0.4) is 0 Å². The normalized spacial score (nSPS) is 20.6. The van der Waals surface area contributed by atoms with E-state index >= 15 is 0 Å². The van der Waals surface area contributed by atoms with Gasteiger partial charge >= 0.3 is 0 Å². The third kappa shape index (κ3) is 1.68. The van der Waals surface area contributed by atoms with E-state index in [4.69, 9.17) is 0 Å². The zero-order valence-electron chi connectivity index (χ0n) is 8.29. The molecule has 14 heavy (non-hydrogen) atoms. The Balaban J connectivity index is 2.27. The van der Waals surface area contributed by atoms with Crippen LogP contribution < -0.4 is 5.32 Å². The summed E-state index contributed by atoms with van der Waals surface area (Å²) < 4.78 is 0. The molecule has 2 nitrogen and oxygen atoms in total. The molecule has 1 aromatic rings. The van der Waals surface area contributed by atoms with Gasteiger partial charge in [0.1, 0.15) is 0 Å². The van der Waals surface area contributed by atoms with Crippen LogP contribution in [0.1, 0.15) is 18.4 Å². The van der Waals surface area contributed by atoms with Crippen LogP contribution in [0.15, 0.2) is 24.3 Å². The van der Waals surface area contributed by atoms with Crippen molar-refractivity contribution in [2.75, 3.05) is 19.7 Å². The fraction of sp³-hybridized carbons (Fsp3) is 0.500. The van der Waals surface area contributed by atoms with Crippen LogP contribution in [0.2, 0.25) is 0 Å². The average Bonchev–Trinajstić information content (AvgIpc) is 2.31. The molecule has 0 spiro atoms. The molecule has 1 heterocycles. The zero-order valence-corrected chi connectivity index (χ0v) is 8.29. The summed E-state index contributed by atoms with van der Waals surface area (Å²) in [6.45, 7) is 2.23. The van der Waals surface area contributed by atoms with Gasteiger partial charge in [-0.1, -0.05) is 24.3 Å². The number of hydrogen-bond acceptors (Lipinski definition) is 2. The molecule has 1 saturated heterocycles. The Morgan fingerprint density at radius 1 is 1.43 bits per heavy atom. The zero-order chi connectivity index (χ0) is 9.86. The van der Waals surface area contributed by atoms with Crippen molar-refractivity contribution in [1.82, 2.24) is 5.32 Å². The second kappa shape index (κ2) is 4.11. The van der Waals surface area contributed by atoms with E-state index < -0.39 is 0 Å². The second-order valence-corrected chi connectivity index (χ2v) is 3.98. The van der Waals surface area contributed by atoms with Crippen LogP contribution in [-0.4, -0.2) is 24.8 Å². The lowest BCUT2D eigenvalue weighted by Crippen LogP contribution is -2.42. The molecule has 1 radical (unpaired) electrons. The average molecular weight is 190 g/mol. The quantitative estimate of drug-likeness (QED) is 0.732. The summed E-state index contributed by atoms with van der Waals surface area (Å²) in [4.78, 5) is 0. The minimum atomic E-state index is -0.0248. The van der Waals surface area contributed by atoms with Gasteiger partial charge < -0.3 is 10.4 Å². The van der Waals surface area contributed by atoms with E-state index in [0.717, 1.165) is 25.9 Å². The van der Waals surface area contributed by atoms with Crippen molar-refractivity contribution >= 4 is 0 Å². The lowest BCUT2D eigenvalue weighted by molar-refractivity contribution is 0.158. The Morgan fingerprint density at radius 3 is 2.79 bits per heavy atom. The molecule has 2 N–H and O–H groups in total. The van der Waals surface area contributed by atoms with Crippen molar-refractivity contribution in [3.63, 3.8) is 0 Å². The molecule has 1 aliphatic rings. The minimum absolute atomic E-state index is 0.0248. The van der Waals surface area contributed by atoms with E-state index in [1.165, 1.54) is 5.56 Å². The van der Waals surface area contributed by atoms with Crippen molar-refractivity contribution in [3.05, 3.63) is 35.9 Å². The summed E-state index contributed by atoms with van der Waals surface area (Å²) in [6.07, 6.45) is 2.03. The van der Waals surface area contributed by atoms with Crippen molar-refractivity contribution in [2.24, 2.45) is 0 Å². The molecule has 1 aliphatic heterocycles. The number of rotatable bonds is 2. The molecule has 2 heteroatoms. The fourth-order valence-electron chi connectivity index (χ4n) is 2.17. The van der Waals surface area contributed by atoms with Gasteiger partial charge in [0.2, 0.25) is 0 Å². The minimum Gasteiger partial charge on any atom is -0.395 e. The highest BCUT2D eigenvalue weighted by molar-refractivity contribution is 5.25. The highest BCUT2D eigenvalue weighted by Crippen LogP contribution is 2.32. The van der Waals surface area contributed by atoms with Crippen molar-refractivity contribution < 1.29 is 5.11 Å². The van der Waals surface area contributed by atoms with E-state index in [-0.39, 0.29) is 12.0 Å². The van der Waals surface area contributed by atoms with Crippen LogP contribution in [0.4, 0.5) is 0 Å². The van der Waals surface area contributed by atoms with Gasteiger partial charge in [-0.3, -0.25) is 0 Å². The van der Waals surface area contributed by atoms with Crippen LogP contribution in [0.25, 0.3) is 0 Å². The molecule has 0 aliphatic carbocycles. The summed E-state index contributed by atoms with van der Waals surface area (Å²) >= 11 is 0. The molecule has 0 atom stereocenters. The first-order chi connectivity index (χ1) is 6.87. The van der Waals surface area contributed by atoms with Crippen LogP contribution >= 0.6 is 0 Å². The molecule has 0 unspecified atom stereocenters. The highest BCUT2D eigenvalue weighted by Gasteiger charge is 2.32. The maximum atomic E-state index is 9.55. The number of nitrogens with one attached hydrogen (secondary N) is 1. The number of hydrogen-bond donors (Lipinski definition) is 2. The summed E-state index contributed by atoms with van der Waals surface area (Å²) in [5.74, 6) is 0. The lowest BCUT2D eigenvalue weighted by Gasteiger charge is -2.36. The largest absolute Gasteiger partial charge is 0.395 e. The Hall–Kier alpha value is -0.860. The summed E-state index contributed by atoms with van der Waals surface area (Å²) in [7, 11) is 0. The maximum Gasteiger partial charge on any atom is 0.0528 e. The molecule has 1 aromatic carbocycles. The molecular weight excluding hydrogens is 174 g/mol. The van der Waals surface area contributed by atoms with Crippen LogP contribution in [-0.2, 0) is 5.41 Å². The smallest absolute Gasteiger partial charge is 0.0528 e. The van der Waals surface area contributed by atoms with Gasteiger partial charge in [0.25, 0.3) is 0 Å². The van der Waals surface area contributed by atoms with Gasteiger partial charge in [0.15, 0.2) is 0 Å². The van der Waals surface area contributed by atoms with E-state index in [2.05, 4.69) is 17.4 Å². The van der Waals surface area contributed by atoms with E-state index in [0.29, 0.717) is 0 Å². The topological polar surface area (TPSA) is 32.3 Å². The van der Waals surface area contributed by atoms with Gasteiger partial charge in [-0.05, 0) is 37.6 Å². The van der Waals surface area contributed by atoms with Crippen LogP contribution in [0.5, 0.6) is 0 Å². The van der Waals surface area contributed by atoms with Gasteiger partial charge in [-0.25, -0.2) is 0 Å². The molecule has 2 rings (SSSR count). The summed E-state index contributed by atoms with van der Waals surface area (Å²) in [5.41, 5.74) is 1.20. The molecule has 0 amide bonds. The molecule has 0 bridgehead atoms. The monoisotopic (exact) mass is 190 g/mol. The molecule has 0 aromatic heterocycles. The lowest BCUT2D eigenvalue weighted by atomic mass is 9.74. The Morgan fingerprint density at radius 2 is 2.21 bits per heavy atom. The second-order valence-electron chi connectivity index (χ2n) is 3.98. The molecule has 0 saturated carbocycles. The van der Waals surface area contributed by atoms with Gasteiger partial charge in [-0.15, -0.1) is 0 Å². The van der Waals surface area contributed by atoms with Crippen molar-refractivity contribution in [1.29, 1.82) is 0 Å². The van der Waals surface area contributed by atoms with Gasteiger partial charge in [0, 0.05) is 5.41 Å². The van der Waals surface area contributed by atoms with E-state index in [1.54, 1.807) is 0 Å². The van der Waals surface area contributed by atoms with Crippen molar-refractivity contribution in [2.45, 2.75) is 18.3 Å². The molecular formula is C12H16NO. The fourth-order valence-corrected chi connectivity index (χ4v) is 2.17. The third-order valence-electron chi connectivity index (χ3n) is 3.18. The third-order valence-corrected chi connectivity index (χ3v) is 3.18. The molecule has 75 valence electrons. The standard InChI is InChI=1S/C12H16NO/c14-10-12(6-8-13-9-7-12)11-4-2-1-3-5-11/h1-2,4-5,13-14H,6-10H2. The summed E-state index contributed by atoms with van der Waals surface area (Å²) in [5, 5.41) is 12.9. The Kier molecular flexibility index (Phi) is 2.85. The maximum absolute atomic E-state index is 9.55. The predicted molar refractivity (Wildman–Crippen MR) is 56.1 cm³/mol. The Bertz CT molecular complexity index is 278. The Labute approximate surface area is 85.0 Å².